The van der Waals surface area contributed by atoms with E-state index in [0.29, 0.717) is 0 Å². The van der Waals surface area contributed by atoms with Gasteiger partial charge in [0.15, 0.2) is 0 Å². The van der Waals surface area contributed by atoms with Crippen LogP contribution in [0.25, 0.3) is 0 Å². The summed E-state index contributed by atoms with van der Waals surface area (Å²) in [5.41, 5.74) is 1.33. The maximum atomic E-state index is 13.0. The van der Waals surface area contributed by atoms with Crippen LogP contribution in [-0.2, 0) is 4.74 Å². The minimum absolute atomic E-state index is 0.250. The second-order valence-corrected chi connectivity index (χ2v) is 4.65. The summed E-state index contributed by atoms with van der Waals surface area (Å²) < 4.78 is 17.9. The summed E-state index contributed by atoms with van der Waals surface area (Å²) in [6.07, 6.45) is 4.76. The lowest BCUT2D eigenvalue weighted by Gasteiger charge is -2.11. The molecule has 0 amide bonds. The molecule has 16 heavy (non-hydrogen) atoms. The Morgan fingerprint density at radius 3 is 2.75 bits per heavy atom. The highest BCUT2D eigenvalue weighted by molar-refractivity contribution is 5.37. The third-order valence-corrected chi connectivity index (χ3v) is 3.70. The molecule has 0 aromatic rings. The summed E-state index contributed by atoms with van der Waals surface area (Å²) in [6, 6.07) is 0. The minimum atomic E-state index is -0.305. The lowest BCUT2D eigenvalue weighted by Crippen LogP contribution is -2.16. The zero-order valence-electron chi connectivity index (χ0n) is 9.85. The summed E-state index contributed by atoms with van der Waals surface area (Å²) >= 11 is 0. The normalized spacial score (nSPS) is 33.6. The Labute approximate surface area is 95.9 Å². The number of nitrogens with one attached hydrogen (secondary N) is 1. The van der Waals surface area contributed by atoms with Crippen molar-refractivity contribution in [1.82, 2.24) is 5.32 Å². The fraction of sp³-hybridized carbons (Fsp3) is 0.538. The molecule has 3 heteroatoms. The van der Waals surface area contributed by atoms with Gasteiger partial charge in [0.1, 0.15) is 11.6 Å². The summed E-state index contributed by atoms with van der Waals surface area (Å²) in [5, 5.41) is 3.36. The van der Waals surface area contributed by atoms with E-state index in [1.165, 1.54) is 20.5 Å². The quantitative estimate of drug-likeness (QED) is 0.584. The van der Waals surface area contributed by atoms with Gasteiger partial charge in [-0.15, -0.1) is 0 Å². The largest absolute Gasteiger partial charge is 0.494 e. The van der Waals surface area contributed by atoms with Gasteiger partial charge in [-0.25, -0.2) is 4.39 Å². The number of methoxy groups -OCH3 is 1. The van der Waals surface area contributed by atoms with Gasteiger partial charge in [-0.05, 0) is 37.5 Å². The smallest absolute Gasteiger partial charge is 0.149 e. The maximum absolute atomic E-state index is 13.0. The Hall–Kier alpha value is -1.09. The number of ether oxygens (including phenoxy) is 1. The van der Waals surface area contributed by atoms with E-state index >= 15 is 0 Å². The fourth-order valence-corrected chi connectivity index (χ4v) is 2.51. The highest BCUT2D eigenvalue weighted by Gasteiger charge is 2.57. The Bertz CT molecular complexity index is 368. The molecule has 1 N–H and O–H groups in total. The Morgan fingerprint density at radius 2 is 2.31 bits per heavy atom. The molecule has 1 aliphatic heterocycles. The first-order chi connectivity index (χ1) is 7.60. The first kappa shape index (κ1) is 11.4. The molecule has 0 aromatic carbocycles. The molecule has 2 aliphatic rings. The molecule has 2 fully saturated rings. The number of hydrogen-bond donors (Lipinski definition) is 1. The van der Waals surface area contributed by atoms with Gasteiger partial charge in [-0.3, -0.25) is 0 Å². The van der Waals surface area contributed by atoms with Crippen LogP contribution in [0.5, 0.6) is 0 Å². The van der Waals surface area contributed by atoms with Crippen molar-refractivity contribution in [2.75, 3.05) is 20.2 Å². The predicted octanol–water partition coefficient (Wildman–Crippen LogP) is 2.56. The summed E-state index contributed by atoms with van der Waals surface area (Å²) in [4.78, 5) is 0. The lowest BCUT2D eigenvalue weighted by atomic mass is 9.96. The molecule has 2 nitrogen and oxygen atoms in total. The van der Waals surface area contributed by atoms with E-state index in [2.05, 4.69) is 11.9 Å². The van der Waals surface area contributed by atoms with E-state index in [-0.39, 0.29) is 17.0 Å². The number of allylic oxidation sites excluding steroid dienone is 3. The van der Waals surface area contributed by atoms with E-state index < -0.39 is 0 Å². The van der Waals surface area contributed by atoms with Crippen LogP contribution in [-0.4, -0.2) is 20.2 Å². The molecular weight excluding hydrogens is 205 g/mol. The zero-order valence-corrected chi connectivity index (χ0v) is 9.85. The molecule has 1 saturated heterocycles. The van der Waals surface area contributed by atoms with E-state index in [9.17, 15) is 4.39 Å². The second-order valence-electron chi connectivity index (χ2n) is 4.65. The van der Waals surface area contributed by atoms with Gasteiger partial charge in [-0.1, -0.05) is 12.7 Å². The van der Waals surface area contributed by atoms with Gasteiger partial charge < -0.3 is 10.1 Å². The van der Waals surface area contributed by atoms with Crippen LogP contribution in [0, 0.1) is 11.3 Å². The molecule has 1 heterocycles. The number of piperidine rings is 1. The lowest BCUT2D eigenvalue weighted by molar-refractivity contribution is 0.290. The summed E-state index contributed by atoms with van der Waals surface area (Å²) in [7, 11) is 1.47. The van der Waals surface area contributed by atoms with Crippen LogP contribution in [0.1, 0.15) is 13.3 Å². The van der Waals surface area contributed by atoms with Gasteiger partial charge in [0.05, 0.1) is 7.11 Å². The van der Waals surface area contributed by atoms with Gasteiger partial charge in [-0.2, -0.15) is 0 Å². The molecule has 1 saturated carbocycles. The standard InChI is InChI=1S/C13H18FNO/c1-9(4-5-12(16-3)10(2)14)13-6-11(13)7-15-8-13/h4-5,11,15H,1,6-8H2,2-3H3/b5-4-,12-10-. The van der Waals surface area contributed by atoms with Crippen LogP contribution in [0.2, 0.25) is 0 Å². The van der Waals surface area contributed by atoms with Crippen LogP contribution < -0.4 is 5.32 Å². The van der Waals surface area contributed by atoms with Crippen molar-refractivity contribution < 1.29 is 9.13 Å². The van der Waals surface area contributed by atoms with E-state index in [1.54, 1.807) is 6.08 Å². The summed E-state index contributed by atoms with van der Waals surface area (Å²) in [6.45, 7) is 7.57. The maximum Gasteiger partial charge on any atom is 0.149 e. The third kappa shape index (κ3) is 1.80. The minimum Gasteiger partial charge on any atom is -0.494 e. The zero-order chi connectivity index (χ0) is 11.8. The van der Waals surface area contributed by atoms with Crippen molar-refractivity contribution in [1.29, 1.82) is 0 Å². The topological polar surface area (TPSA) is 21.3 Å². The third-order valence-electron chi connectivity index (χ3n) is 3.70. The Balaban J connectivity index is 2.03. The molecule has 0 aromatic heterocycles. The van der Waals surface area contributed by atoms with Gasteiger partial charge >= 0.3 is 0 Å². The molecular formula is C13H18FNO. The van der Waals surface area contributed by atoms with Gasteiger partial charge in [0.2, 0.25) is 0 Å². The van der Waals surface area contributed by atoms with Crippen LogP contribution in [0.15, 0.2) is 35.9 Å². The number of halogens is 1. The van der Waals surface area contributed by atoms with Crippen LogP contribution in [0.4, 0.5) is 4.39 Å². The monoisotopic (exact) mass is 223 g/mol. The van der Waals surface area contributed by atoms with Crippen molar-refractivity contribution in [3.8, 4) is 0 Å². The van der Waals surface area contributed by atoms with E-state index in [1.807, 2.05) is 6.08 Å². The number of hydrogen-bond acceptors (Lipinski definition) is 2. The molecule has 2 unspecified atom stereocenters. The van der Waals surface area contributed by atoms with Crippen LogP contribution >= 0.6 is 0 Å². The van der Waals surface area contributed by atoms with E-state index in [0.717, 1.165) is 24.6 Å². The predicted molar refractivity (Wildman–Crippen MR) is 62.5 cm³/mol. The molecule has 2 atom stereocenters. The Kier molecular flexibility index (Phi) is 2.89. The average Bonchev–Trinajstić information content (AvgIpc) is 2.82. The second kappa shape index (κ2) is 4.06. The number of rotatable bonds is 4. The number of fused-ring (bicyclic) bond motifs is 1. The Morgan fingerprint density at radius 1 is 1.56 bits per heavy atom. The van der Waals surface area contributed by atoms with Crippen molar-refractivity contribution in [2.24, 2.45) is 11.3 Å². The molecule has 0 bridgehead atoms. The van der Waals surface area contributed by atoms with Gasteiger partial charge in [0.25, 0.3) is 0 Å². The molecule has 2 rings (SSSR count). The molecule has 0 radical (unpaired) electrons. The first-order valence-corrected chi connectivity index (χ1v) is 5.58. The molecule has 0 spiro atoms. The van der Waals surface area contributed by atoms with Crippen molar-refractivity contribution in [3.63, 3.8) is 0 Å². The highest BCUT2D eigenvalue weighted by Crippen LogP contribution is 2.59. The van der Waals surface area contributed by atoms with E-state index in [4.69, 9.17) is 4.74 Å². The van der Waals surface area contributed by atoms with Crippen molar-refractivity contribution >= 4 is 0 Å². The average molecular weight is 223 g/mol. The van der Waals surface area contributed by atoms with Crippen molar-refractivity contribution in [2.45, 2.75) is 13.3 Å². The summed E-state index contributed by atoms with van der Waals surface area (Å²) in [5.74, 6) is 0.702. The van der Waals surface area contributed by atoms with Crippen LogP contribution in [0.3, 0.4) is 0 Å². The molecule has 88 valence electrons. The highest BCUT2D eigenvalue weighted by atomic mass is 19.1. The fourth-order valence-electron chi connectivity index (χ4n) is 2.51. The molecule has 1 aliphatic carbocycles. The SMILES string of the molecule is C=C(/C=C\C(OC)=C(/C)F)C12CNCC1C2. The first-order valence-electron chi connectivity index (χ1n) is 5.58. The van der Waals surface area contributed by atoms with Crippen molar-refractivity contribution in [3.05, 3.63) is 35.9 Å². The van der Waals surface area contributed by atoms with Gasteiger partial charge in [0, 0.05) is 12.0 Å².